The monoisotopic (exact) mass is 293 g/mol. The largest absolute Gasteiger partial charge is 0.462 e. The summed E-state index contributed by atoms with van der Waals surface area (Å²) in [6.07, 6.45) is 0. The van der Waals surface area contributed by atoms with E-state index >= 15 is 0 Å². The summed E-state index contributed by atoms with van der Waals surface area (Å²) in [6, 6.07) is 2.70. The summed E-state index contributed by atoms with van der Waals surface area (Å²) in [4.78, 5) is 10.9. The van der Waals surface area contributed by atoms with Crippen LogP contribution < -0.4 is 0 Å². The molecule has 0 spiro atoms. The van der Waals surface area contributed by atoms with Crippen LogP contribution >= 0.6 is 11.8 Å². The Labute approximate surface area is 110 Å². The first kappa shape index (κ1) is 15.3. The Hall–Kier alpha value is -1.75. The van der Waals surface area contributed by atoms with Gasteiger partial charge in [-0.1, -0.05) is 0 Å². The van der Waals surface area contributed by atoms with Crippen LogP contribution in [0.5, 0.6) is 0 Å². The lowest BCUT2D eigenvalue weighted by molar-refractivity contribution is -0.0328. The van der Waals surface area contributed by atoms with Crippen LogP contribution in [0.3, 0.4) is 0 Å². The Morgan fingerprint density at radius 1 is 1.47 bits per heavy atom. The van der Waals surface area contributed by atoms with Gasteiger partial charge in [-0.25, -0.2) is 9.18 Å². The average Bonchev–Trinajstić information content (AvgIpc) is 2.27. The Morgan fingerprint density at radius 2 is 2.11 bits per heavy atom. The van der Waals surface area contributed by atoms with Gasteiger partial charge in [0.05, 0.1) is 17.7 Å². The zero-order valence-electron chi connectivity index (χ0n) is 9.55. The zero-order valence-corrected chi connectivity index (χ0v) is 10.4. The van der Waals surface area contributed by atoms with E-state index in [1.807, 2.05) is 0 Å². The van der Waals surface area contributed by atoms with Gasteiger partial charge in [-0.15, -0.1) is 0 Å². The summed E-state index contributed by atoms with van der Waals surface area (Å²) < 4.78 is 54.8. The smallest absolute Gasteiger partial charge is 0.446 e. The van der Waals surface area contributed by atoms with Crippen LogP contribution in [0, 0.1) is 17.1 Å². The predicted octanol–water partition coefficient (Wildman–Crippen LogP) is 3.49. The molecule has 0 atom stereocenters. The van der Waals surface area contributed by atoms with Crippen molar-refractivity contribution in [1.82, 2.24) is 0 Å². The summed E-state index contributed by atoms with van der Waals surface area (Å²) in [5, 5.41) is 8.61. The number of hydrogen-bond donors (Lipinski definition) is 0. The van der Waals surface area contributed by atoms with E-state index in [9.17, 15) is 22.4 Å². The highest BCUT2D eigenvalue weighted by Gasteiger charge is 2.32. The molecule has 0 N–H and O–H groups in total. The molecule has 0 unspecified atom stereocenters. The molecule has 0 aliphatic carbocycles. The summed E-state index contributed by atoms with van der Waals surface area (Å²) in [6.45, 7) is 1.43. The van der Waals surface area contributed by atoms with Crippen LogP contribution in [0.1, 0.15) is 22.8 Å². The van der Waals surface area contributed by atoms with Gasteiger partial charge in [0.15, 0.2) is 0 Å². The van der Waals surface area contributed by atoms with Crippen LogP contribution in [0.4, 0.5) is 17.6 Å². The number of thioether (sulfide) groups is 1. The molecule has 0 aliphatic rings. The number of esters is 1. The maximum atomic E-state index is 13.3. The molecule has 0 aliphatic heterocycles. The first-order valence-corrected chi connectivity index (χ1v) is 5.76. The van der Waals surface area contributed by atoms with Gasteiger partial charge in [-0.05, 0) is 30.8 Å². The summed E-state index contributed by atoms with van der Waals surface area (Å²) in [5.41, 5.74) is -5.68. The number of hydrogen-bond acceptors (Lipinski definition) is 4. The van der Waals surface area contributed by atoms with Gasteiger partial charge in [-0.2, -0.15) is 18.4 Å². The number of halogens is 4. The lowest BCUT2D eigenvalue weighted by Gasteiger charge is -2.11. The van der Waals surface area contributed by atoms with Crippen LogP contribution in [0.2, 0.25) is 0 Å². The molecule has 0 bridgehead atoms. The number of carbonyl (C=O) groups is 1. The molecule has 0 heterocycles. The van der Waals surface area contributed by atoms with E-state index in [0.717, 1.165) is 6.07 Å². The van der Waals surface area contributed by atoms with E-state index in [1.165, 1.54) is 13.0 Å². The quantitative estimate of drug-likeness (QED) is 0.486. The SMILES string of the molecule is CCOC(=O)c1cc(C#N)c(F)cc1SC(F)(F)F. The molecule has 0 fully saturated rings. The van der Waals surface area contributed by atoms with Gasteiger partial charge in [-0.3, -0.25) is 0 Å². The molecule has 3 nitrogen and oxygen atoms in total. The molecule has 0 radical (unpaired) electrons. The fourth-order valence-electron chi connectivity index (χ4n) is 1.22. The van der Waals surface area contributed by atoms with E-state index in [2.05, 4.69) is 4.74 Å². The molecule has 1 rings (SSSR count). The van der Waals surface area contributed by atoms with Crippen molar-refractivity contribution in [3.63, 3.8) is 0 Å². The minimum absolute atomic E-state index is 0.0474. The number of rotatable bonds is 3. The number of alkyl halides is 3. The molecule has 0 saturated heterocycles. The first-order chi connectivity index (χ1) is 8.78. The number of carbonyl (C=O) groups excluding carboxylic acids is 1. The highest BCUT2D eigenvalue weighted by atomic mass is 32.2. The molecular weight excluding hydrogens is 286 g/mol. The van der Waals surface area contributed by atoms with Gasteiger partial charge < -0.3 is 4.74 Å². The van der Waals surface area contributed by atoms with Crippen molar-refractivity contribution >= 4 is 17.7 Å². The molecule has 1 aromatic rings. The van der Waals surface area contributed by atoms with Crippen LogP contribution in [0.15, 0.2) is 17.0 Å². The van der Waals surface area contributed by atoms with Crippen molar-refractivity contribution < 1.29 is 27.1 Å². The van der Waals surface area contributed by atoms with E-state index < -0.39 is 45.1 Å². The summed E-state index contributed by atoms with van der Waals surface area (Å²) >= 11 is -0.635. The van der Waals surface area contributed by atoms with Gasteiger partial charge >= 0.3 is 11.5 Å². The minimum Gasteiger partial charge on any atom is -0.462 e. The van der Waals surface area contributed by atoms with E-state index in [4.69, 9.17) is 5.26 Å². The lowest BCUT2D eigenvalue weighted by atomic mass is 10.1. The Kier molecular flexibility index (Phi) is 4.78. The molecular formula is C11H7F4NO2S. The van der Waals surface area contributed by atoms with Crippen molar-refractivity contribution in [1.29, 1.82) is 5.26 Å². The first-order valence-electron chi connectivity index (χ1n) is 4.95. The third kappa shape index (κ3) is 4.13. The molecule has 0 aromatic heterocycles. The standard InChI is InChI=1S/C11H7F4NO2S/c1-2-18-10(17)7-3-6(5-16)8(12)4-9(7)19-11(13,14)15/h3-4H,2H2,1H3. The number of nitrogens with zero attached hydrogens (tertiary/aromatic N) is 1. The van der Waals surface area contributed by atoms with Crippen molar-refractivity contribution in [2.45, 2.75) is 17.3 Å². The predicted molar refractivity (Wildman–Crippen MR) is 59.0 cm³/mol. The molecule has 19 heavy (non-hydrogen) atoms. The molecule has 8 heteroatoms. The topological polar surface area (TPSA) is 50.1 Å². The molecule has 1 aromatic carbocycles. The normalized spacial score (nSPS) is 10.9. The molecule has 0 saturated carbocycles. The molecule has 0 amide bonds. The Balaban J connectivity index is 3.31. The van der Waals surface area contributed by atoms with E-state index in [0.29, 0.717) is 6.07 Å². The number of ether oxygens (including phenoxy) is 1. The number of benzene rings is 1. The maximum absolute atomic E-state index is 13.3. The van der Waals surface area contributed by atoms with E-state index in [1.54, 1.807) is 0 Å². The average molecular weight is 293 g/mol. The third-order valence-electron chi connectivity index (χ3n) is 1.91. The fraction of sp³-hybridized carbons (Fsp3) is 0.273. The van der Waals surface area contributed by atoms with Crippen LogP contribution in [-0.2, 0) is 4.74 Å². The van der Waals surface area contributed by atoms with Gasteiger partial charge in [0, 0.05) is 4.90 Å². The summed E-state index contributed by atoms with van der Waals surface area (Å²) in [5.74, 6) is -2.16. The van der Waals surface area contributed by atoms with Crippen LogP contribution in [0.25, 0.3) is 0 Å². The summed E-state index contributed by atoms with van der Waals surface area (Å²) in [7, 11) is 0. The Morgan fingerprint density at radius 3 is 2.58 bits per heavy atom. The molecule has 102 valence electrons. The minimum atomic E-state index is -4.68. The van der Waals surface area contributed by atoms with Crippen molar-refractivity contribution in [2.75, 3.05) is 6.61 Å². The fourth-order valence-corrected chi connectivity index (χ4v) is 1.88. The van der Waals surface area contributed by atoms with Gasteiger partial charge in [0.1, 0.15) is 11.9 Å². The van der Waals surface area contributed by atoms with Crippen LogP contribution in [-0.4, -0.2) is 18.1 Å². The van der Waals surface area contributed by atoms with Gasteiger partial charge in [0.2, 0.25) is 0 Å². The highest BCUT2D eigenvalue weighted by molar-refractivity contribution is 8.00. The van der Waals surface area contributed by atoms with E-state index in [-0.39, 0.29) is 6.61 Å². The van der Waals surface area contributed by atoms with Crippen molar-refractivity contribution in [2.24, 2.45) is 0 Å². The second-order valence-corrected chi connectivity index (χ2v) is 4.32. The van der Waals surface area contributed by atoms with Gasteiger partial charge in [0.25, 0.3) is 0 Å². The Bertz CT molecular complexity index is 537. The lowest BCUT2D eigenvalue weighted by Crippen LogP contribution is -2.10. The van der Waals surface area contributed by atoms with Crippen molar-refractivity contribution in [3.05, 3.63) is 29.1 Å². The third-order valence-corrected chi connectivity index (χ3v) is 2.70. The second kappa shape index (κ2) is 5.93. The maximum Gasteiger partial charge on any atom is 0.446 e. The van der Waals surface area contributed by atoms with Crippen molar-refractivity contribution in [3.8, 4) is 6.07 Å². The second-order valence-electron chi connectivity index (χ2n) is 3.21. The zero-order chi connectivity index (χ0) is 14.6. The highest BCUT2D eigenvalue weighted by Crippen LogP contribution is 2.39. The number of nitriles is 1.